The zero-order valence-electron chi connectivity index (χ0n) is 12.7. The van der Waals surface area contributed by atoms with Crippen molar-refractivity contribution >= 4 is 28.2 Å². The average Bonchev–Trinajstić information content (AvgIpc) is 2.58. The Labute approximate surface area is 140 Å². The fourth-order valence-corrected chi connectivity index (χ4v) is 2.75. The molecular weight excluding hydrogens is 308 g/mol. The van der Waals surface area contributed by atoms with E-state index in [-0.39, 0.29) is 0 Å². The van der Waals surface area contributed by atoms with Crippen molar-refractivity contribution in [2.24, 2.45) is 0 Å². The predicted octanol–water partition coefficient (Wildman–Crippen LogP) is 4.29. The summed E-state index contributed by atoms with van der Waals surface area (Å²) in [6.45, 7) is 0.509. The summed E-state index contributed by atoms with van der Waals surface area (Å²) in [6, 6.07) is 17.8. The van der Waals surface area contributed by atoms with Crippen LogP contribution in [0.5, 0.6) is 0 Å². The Balaban J connectivity index is 1.60. The molecule has 2 aromatic carbocycles. The number of aromatic nitrogens is 1. The van der Waals surface area contributed by atoms with Crippen molar-refractivity contribution in [3.8, 4) is 0 Å². The van der Waals surface area contributed by atoms with Gasteiger partial charge in [0.25, 0.3) is 0 Å². The summed E-state index contributed by atoms with van der Waals surface area (Å²) in [4.78, 5) is 4.32. The first-order valence-electron chi connectivity index (χ1n) is 7.72. The molecule has 23 heavy (non-hydrogen) atoms. The Bertz CT molecular complexity index is 777. The normalized spacial score (nSPS) is 12.3. The molecule has 4 heteroatoms. The van der Waals surface area contributed by atoms with Crippen molar-refractivity contribution in [2.45, 2.75) is 18.9 Å². The zero-order chi connectivity index (χ0) is 16.1. The third kappa shape index (κ3) is 4.21. The number of aryl methyl sites for hydroxylation is 1. The molecule has 1 heterocycles. The van der Waals surface area contributed by atoms with Crippen molar-refractivity contribution in [3.63, 3.8) is 0 Å². The van der Waals surface area contributed by atoms with Crippen molar-refractivity contribution in [2.75, 3.05) is 11.9 Å². The van der Waals surface area contributed by atoms with Crippen molar-refractivity contribution in [3.05, 3.63) is 71.4 Å². The van der Waals surface area contributed by atoms with Gasteiger partial charge in [-0.1, -0.05) is 41.9 Å². The molecule has 0 saturated carbocycles. The fraction of sp³-hybridized carbons (Fsp3) is 0.211. The van der Waals surface area contributed by atoms with Crippen LogP contribution in [0.25, 0.3) is 10.9 Å². The number of halogens is 1. The maximum absolute atomic E-state index is 10.2. The van der Waals surface area contributed by atoms with E-state index in [0.29, 0.717) is 11.6 Å². The first-order chi connectivity index (χ1) is 11.2. The molecule has 0 aliphatic carbocycles. The Morgan fingerprint density at radius 3 is 2.74 bits per heavy atom. The van der Waals surface area contributed by atoms with Gasteiger partial charge in [0.15, 0.2) is 0 Å². The van der Waals surface area contributed by atoms with E-state index in [1.54, 1.807) is 6.20 Å². The van der Waals surface area contributed by atoms with Crippen LogP contribution in [0.1, 0.15) is 12.0 Å². The summed E-state index contributed by atoms with van der Waals surface area (Å²) in [5, 5.41) is 15.2. The predicted molar refractivity (Wildman–Crippen MR) is 96.0 cm³/mol. The standard InChI is InChI=1S/C19H19ClN2O/c20-15-7-9-17-18(10-11-21-19(17)12-15)22-13-16(23)8-6-14-4-2-1-3-5-14/h1-5,7,9-12,16,23H,6,8,13H2,(H,21,22). The molecule has 1 atom stereocenters. The molecule has 1 aromatic heterocycles. The molecule has 3 aromatic rings. The summed E-state index contributed by atoms with van der Waals surface area (Å²) in [6.07, 6.45) is 2.95. The van der Waals surface area contributed by atoms with Crippen LogP contribution in [0.4, 0.5) is 5.69 Å². The van der Waals surface area contributed by atoms with Crippen LogP contribution >= 0.6 is 11.6 Å². The highest BCUT2D eigenvalue weighted by Gasteiger charge is 2.07. The molecule has 118 valence electrons. The number of hydrogen-bond acceptors (Lipinski definition) is 3. The Hall–Kier alpha value is -2.10. The van der Waals surface area contributed by atoms with E-state index in [1.807, 2.05) is 42.5 Å². The first-order valence-corrected chi connectivity index (χ1v) is 8.10. The summed E-state index contributed by atoms with van der Waals surface area (Å²) >= 11 is 6.00. The van der Waals surface area contributed by atoms with Gasteiger partial charge >= 0.3 is 0 Å². The van der Waals surface area contributed by atoms with Crippen LogP contribution < -0.4 is 5.32 Å². The molecule has 2 N–H and O–H groups in total. The third-order valence-electron chi connectivity index (χ3n) is 3.84. The number of aliphatic hydroxyl groups is 1. The molecular formula is C19H19ClN2O. The molecule has 0 bridgehead atoms. The molecule has 0 amide bonds. The average molecular weight is 327 g/mol. The molecule has 0 spiro atoms. The SMILES string of the molecule is OC(CCc1ccccc1)CNc1ccnc2cc(Cl)ccc12. The molecule has 0 saturated heterocycles. The Morgan fingerprint density at radius 1 is 1.09 bits per heavy atom. The van der Waals surface area contributed by atoms with E-state index >= 15 is 0 Å². The first kappa shape index (κ1) is 15.8. The van der Waals surface area contributed by atoms with E-state index in [0.717, 1.165) is 29.4 Å². The number of fused-ring (bicyclic) bond motifs is 1. The van der Waals surface area contributed by atoms with Crippen molar-refractivity contribution < 1.29 is 5.11 Å². The molecule has 0 aliphatic heterocycles. The summed E-state index contributed by atoms with van der Waals surface area (Å²) in [5.74, 6) is 0. The number of nitrogens with one attached hydrogen (secondary N) is 1. The summed E-state index contributed by atoms with van der Waals surface area (Å²) in [7, 11) is 0. The van der Waals surface area contributed by atoms with Crippen LogP contribution in [0.2, 0.25) is 5.02 Å². The van der Waals surface area contributed by atoms with Crippen LogP contribution in [0.15, 0.2) is 60.8 Å². The van der Waals surface area contributed by atoms with Gasteiger partial charge in [0.1, 0.15) is 0 Å². The molecule has 0 aliphatic rings. The van der Waals surface area contributed by atoms with E-state index in [2.05, 4.69) is 22.4 Å². The zero-order valence-corrected chi connectivity index (χ0v) is 13.5. The second kappa shape index (κ2) is 7.44. The lowest BCUT2D eigenvalue weighted by Crippen LogP contribution is -2.20. The number of anilines is 1. The van der Waals surface area contributed by atoms with Gasteiger partial charge < -0.3 is 10.4 Å². The van der Waals surface area contributed by atoms with E-state index in [9.17, 15) is 5.11 Å². The van der Waals surface area contributed by atoms with Gasteiger partial charge in [-0.05, 0) is 42.7 Å². The van der Waals surface area contributed by atoms with Crippen molar-refractivity contribution in [1.82, 2.24) is 4.98 Å². The largest absolute Gasteiger partial charge is 0.391 e. The number of pyridine rings is 1. The number of aliphatic hydroxyl groups excluding tert-OH is 1. The van der Waals surface area contributed by atoms with Crippen LogP contribution in [0.3, 0.4) is 0 Å². The topological polar surface area (TPSA) is 45.1 Å². The van der Waals surface area contributed by atoms with Crippen LogP contribution in [-0.2, 0) is 6.42 Å². The quantitative estimate of drug-likeness (QED) is 0.710. The number of rotatable bonds is 6. The molecule has 1 unspecified atom stereocenters. The Kier molecular flexibility index (Phi) is 5.11. The molecule has 0 radical (unpaired) electrons. The summed E-state index contributed by atoms with van der Waals surface area (Å²) < 4.78 is 0. The fourth-order valence-electron chi connectivity index (χ4n) is 2.58. The monoisotopic (exact) mass is 326 g/mol. The maximum Gasteiger partial charge on any atom is 0.0737 e. The Morgan fingerprint density at radius 2 is 1.91 bits per heavy atom. The van der Waals surface area contributed by atoms with Gasteiger partial charge in [0.05, 0.1) is 11.6 Å². The minimum Gasteiger partial charge on any atom is -0.391 e. The van der Waals surface area contributed by atoms with Crippen LogP contribution in [-0.4, -0.2) is 22.7 Å². The van der Waals surface area contributed by atoms with E-state index < -0.39 is 6.10 Å². The minimum atomic E-state index is -0.397. The smallest absolute Gasteiger partial charge is 0.0737 e. The third-order valence-corrected chi connectivity index (χ3v) is 4.08. The summed E-state index contributed by atoms with van der Waals surface area (Å²) in [5.41, 5.74) is 3.06. The number of benzene rings is 2. The maximum atomic E-state index is 10.2. The van der Waals surface area contributed by atoms with Gasteiger partial charge in [-0.3, -0.25) is 4.98 Å². The number of hydrogen-bond donors (Lipinski definition) is 2. The highest BCUT2D eigenvalue weighted by atomic mass is 35.5. The van der Waals surface area contributed by atoms with Gasteiger partial charge in [-0.25, -0.2) is 0 Å². The van der Waals surface area contributed by atoms with Crippen molar-refractivity contribution in [1.29, 1.82) is 0 Å². The highest BCUT2D eigenvalue weighted by Crippen LogP contribution is 2.24. The lowest BCUT2D eigenvalue weighted by molar-refractivity contribution is 0.178. The second-order valence-corrected chi connectivity index (χ2v) is 6.02. The molecule has 3 rings (SSSR count). The second-order valence-electron chi connectivity index (χ2n) is 5.58. The number of nitrogens with zero attached hydrogens (tertiary/aromatic N) is 1. The molecule has 0 fully saturated rings. The van der Waals surface area contributed by atoms with Crippen LogP contribution in [0, 0.1) is 0 Å². The highest BCUT2D eigenvalue weighted by molar-refractivity contribution is 6.31. The van der Waals surface area contributed by atoms with Gasteiger partial charge in [0, 0.05) is 28.8 Å². The van der Waals surface area contributed by atoms with Gasteiger partial charge in [-0.2, -0.15) is 0 Å². The van der Waals surface area contributed by atoms with Gasteiger partial charge in [-0.15, -0.1) is 0 Å². The lowest BCUT2D eigenvalue weighted by atomic mass is 10.1. The molecule has 3 nitrogen and oxygen atoms in total. The van der Waals surface area contributed by atoms with Gasteiger partial charge in [0.2, 0.25) is 0 Å². The lowest BCUT2D eigenvalue weighted by Gasteiger charge is -2.14. The van der Waals surface area contributed by atoms with E-state index in [4.69, 9.17) is 11.6 Å². The minimum absolute atomic E-state index is 0.397. The van der Waals surface area contributed by atoms with E-state index in [1.165, 1.54) is 5.56 Å².